The van der Waals surface area contributed by atoms with E-state index in [1.54, 1.807) is 20.8 Å². The van der Waals surface area contributed by atoms with Crippen LogP contribution in [0.15, 0.2) is 22.2 Å². The van der Waals surface area contributed by atoms with Crippen LogP contribution in [-0.4, -0.2) is 66.1 Å². The molecule has 1 aromatic heterocycles. The normalized spacial score (nSPS) is 13.7. The summed E-state index contributed by atoms with van der Waals surface area (Å²) < 4.78 is 67.6. The smallest absolute Gasteiger partial charge is 0.317 e. The maximum Gasteiger partial charge on any atom is 0.317 e. The second kappa shape index (κ2) is 9.03. The molecule has 0 aliphatic carbocycles. The molecule has 1 heterocycles. The fourth-order valence-corrected chi connectivity index (χ4v) is 3.32. The number of hydrogen-bond acceptors (Lipinski definition) is 10. The lowest BCUT2D eigenvalue weighted by atomic mass is 10.1. The molecular weight excluding hydrogens is 404 g/mol. The van der Waals surface area contributed by atoms with Crippen LogP contribution in [0.3, 0.4) is 0 Å². The molecule has 13 heteroatoms. The summed E-state index contributed by atoms with van der Waals surface area (Å²) >= 11 is 0. The summed E-state index contributed by atoms with van der Waals surface area (Å²) in [4.78, 5) is 3.62. The fourth-order valence-electron chi connectivity index (χ4n) is 1.53. The van der Waals surface area contributed by atoms with Crippen LogP contribution in [0, 0.1) is 5.21 Å². The first-order chi connectivity index (χ1) is 12.3. The van der Waals surface area contributed by atoms with E-state index in [0.717, 1.165) is 18.3 Å². The summed E-state index contributed by atoms with van der Waals surface area (Å²) in [6.07, 6.45) is 0.975. The summed E-state index contributed by atoms with van der Waals surface area (Å²) in [6.45, 7) is 3.62. The first-order valence-electron chi connectivity index (χ1n) is 7.44. The van der Waals surface area contributed by atoms with Crippen molar-refractivity contribution in [2.24, 2.45) is 0 Å². The van der Waals surface area contributed by atoms with Gasteiger partial charge >= 0.3 is 20.2 Å². The molecule has 0 aromatic carbocycles. The van der Waals surface area contributed by atoms with Gasteiger partial charge in [-0.25, -0.2) is 18.1 Å². The van der Waals surface area contributed by atoms with Crippen molar-refractivity contribution < 1.29 is 39.4 Å². The summed E-state index contributed by atoms with van der Waals surface area (Å²) in [7, 11) is -6.51. The monoisotopic (exact) mass is 426 g/mol. The van der Waals surface area contributed by atoms with Gasteiger partial charge in [0.15, 0.2) is 35.4 Å². The predicted octanol–water partition coefficient (Wildman–Crippen LogP) is 0.428. The topological polar surface area (TPSA) is 144 Å². The number of ether oxygens (including phenoxy) is 2. The van der Waals surface area contributed by atoms with Gasteiger partial charge < -0.3 is 14.7 Å². The van der Waals surface area contributed by atoms with Gasteiger partial charge in [0.05, 0.1) is 5.56 Å². The van der Waals surface area contributed by atoms with Crippen molar-refractivity contribution in [3.05, 3.63) is 22.9 Å². The number of pyridine rings is 1. The van der Waals surface area contributed by atoms with Gasteiger partial charge in [0.2, 0.25) is 0 Å². The molecule has 11 nitrogen and oxygen atoms in total. The predicted molar refractivity (Wildman–Crippen MR) is 93.1 cm³/mol. The molecule has 0 spiro atoms. The molecule has 1 rings (SSSR count). The van der Waals surface area contributed by atoms with E-state index < -0.39 is 49.4 Å². The standard InChI is InChI=1S/C14H22N2O9S2/c1-14(2,3)16(17)8-11-6-7-12(26(18,19)24-9-22-4)15-13(11)27(20,21)25-10-23-5/h6-8H,9-10H2,1-5H3. The van der Waals surface area contributed by atoms with E-state index in [1.807, 2.05) is 0 Å². The lowest BCUT2D eigenvalue weighted by Gasteiger charge is -2.19. The van der Waals surface area contributed by atoms with Crippen molar-refractivity contribution in [2.45, 2.75) is 36.4 Å². The van der Waals surface area contributed by atoms with E-state index in [2.05, 4.69) is 22.8 Å². The molecule has 0 fully saturated rings. The zero-order valence-electron chi connectivity index (χ0n) is 15.5. The maximum absolute atomic E-state index is 12.4. The molecule has 0 N–H and O–H groups in total. The second-order valence-corrected chi connectivity index (χ2v) is 9.22. The highest BCUT2D eigenvalue weighted by Gasteiger charge is 2.28. The largest absolute Gasteiger partial charge is 0.623 e. The van der Waals surface area contributed by atoms with Gasteiger partial charge in [-0.3, -0.25) is 0 Å². The average Bonchev–Trinajstić information content (AvgIpc) is 2.57. The molecule has 0 aliphatic heterocycles. The van der Waals surface area contributed by atoms with Crippen molar-refractivity contribution in [1.82, 2.24) is 4.98 Å². The van der Waals surface area contributed by atoms with Crippen molar-refractivity contribution in [3.63, 3.8) is 0 Å². The van der Waals surface area contributed by atoms with Crippen LogP contribution in [0.4, 0.5) is 0 Å². The minimum atomic E-state index is -4.53. The Morgan fingerprint density at radius 2 is 1.56 bits per heavy atom. The fraction of sp³-hybridized carbons (Fsp3) is 0.571. The van der Waals surface area contributed by atoms with Crippen molar-refractivity contribution in [1.29, 1.82) is 0 Å². The van der Waals surface area contributed by atoms with Crippen LogP contribution in [0.1, 0.15) is 26.3 Å². The number of hydroxylamine groups is 1. The molecule has 0 saturated heterocycles. The lowest BCUT2D eigenvalue weighted by molar-refractivity contribution is -0.530. The van der Waals surface area contributed by atoms with Crippen molar-refractivity contribution in [3.8, 4) is 0 Å². The Kier molecular flexibility index (Phi) is 7.83. The van der Waals surface area contributed by atoms with Crippen LogP contribution in [-0.2, 0) is 38.1 Å². The number of hydrogen-bond donors (Lipinski definition) is 0. The zero-order chi connectivity index (χ0) is 20.9. The summed E-state index contributed by atoms with van der Waals surface area (Å²) in [5.74, 6) is 0. The van der Waals surface area contributed by atoms with E-state index in [-0.39, 0.29) is 5.56 Å². The molecule has 0 radical (unpaired) electrons. The molecule has 1 aromatic rings. The molecule has 154 valence electrons. The Balaban J connectivity index is 3.58. The highest BCUT2D eigenvalue weighted by molar-refractivity contribution is 7.87. The van der Waals surface area contributed by atoms with Gasteiger partial charge in [-0.2, -0.15) is 16.8 Å². The Morgan fingerprint density at radius 1 is 1.04 bits per heavy atom. The minimum absolute atomic E-state index is 0.165. The molecule has 0 amide bonds. The molecule has 27 heavy (non-hydrogen) atoms. The average molecular weight is 426 g/mol. The third kappa shape index (κ3) is 6.48. The third-order valence-electron chi connectivity index (χ3n) is 2.92. The number of nitrogens with zero attached hydrogens (tertiary/aromatic N) is 2. The minimum Gasteiger partial charge on any atom is -0.623 e. The Bertz CT molecular complexity index is 888. The van der Waals surface area contributed by atoms with Crippen LogP contribution in [0.25, 0.3) is 0 Å². The quantitative estimate of drug-likeness (QED) is 0.136. The van der Waals surface area contributed by atoms with Gasteiger partial charge in [0, 0.05) is 35.0 Å². The van der Waals surface area contributed by atoms with Gasteiger partial charge in [0.25, 0.3) is 0 Å². The zero-order valence-corrected chi connectivity index (χ0v) is 17.2. The highest BCUT2D eigenvalue weighted by atomic mass is 32.2. The SMILES string of the molecule is COCOS(=O)(=O)c1ccc(C=[N+]([O-])C(C)(C)C)c(S(=O)(=O)OCOC)n1. The molecular formula is C14H22N2O9S2. The summed E-state index contributed by atoms with van der Waals surface area (Å²) in [5, 5.41) is 10.7. The number of methoxy groups -OCH3 is 2. The second-order valence-electron chi connectivity index (χ2n) is 6.13. The van der Waals surface area contributed by atoms with Crippen molar-refractivity contribution in [2.75, 3.05) is 27.8 Å². The highest BCUT2D eigenvalue weighted by Crippen LogP contribution is 2.20. The van der Waals surface area contributed by atoms with Crippen molar-refractivity contribution >= 4 is 26.5 Å². The molecule has 0 unspecified atom stereocenters. The summed E-state index contributed by atoms with van der Waals surface area (Å²) in [6, 6.07) is 2.11. The van der Waals surface area contributed by atoms with Crippen LogP contribution in [0.2, 0.25) is 0 Å². The van der Waals surface area contributed by atoms with Crippen LogP contribution in [0.5, 0.6) is 0 Å². The van der Waals surface area contributed by atoms with E-state index in [0.29, 0.717) is 4.74 Å². The lowest BCUT2D eigenvalue weighted by Crippen LogP contribution is -2.30. The van der Waals surface area contributed by atoms with Crippen LogP contribution < -0.4 is 0 Å². The maximum atomic E-state index is 12.4. The van der Waals surface area contributed by atoms with Gasteiger partial charge in [-0.05, 0) is 12.1 Å². The summed E-state index contributed by atoms with van der Waals surface area (Å²) in [5.41, 5.74) is -1.04. The van der Waals surface area contributed by atoms with E-state index in [1.165, 1.54) is 14.2 Å². The number of rotatable bonds is 9. The van der Waals surface area contributed by atoms with E-state index in [4.69, 9.17) is 0 Å². The van der Waals surface area contributed by atoms with Gasteiger partial charge in [-0.1, -0.05) is 0 Å². The molecule has 0 aliphatic rings. The third-order valence-corrected chi connectivity index (χ3v) is 5.27. The first kappa shape index (κ1) is 23.4. The van der Waals surface area contributed by atoms with E-state index >= 15 is 0 Å². The molecule has 0 saturated carbocycles. The molecule has 0 atom stereocenters. The first-order valence-corrected chi connectivity index (χ1v) is 10.3. The van der Waals surface area contributed by atoms with Gasteiger partial charge in [0.1, 0.15) is 0 Å². The Hall–Kier alpha value is -1.64. The van der Waals surface area contributed by atoms with E-state index in [9.17, 15) is 22.0 Å². The van der Waals surface area contributed by atoms with Crippen LogP contribution >= 0.6 is 0 Å². The number of aromatic nitrogens is 1. The molecule has 0 bridgehead atoms. The Labute approximate surface area is 158 Å². The van der Waals surface area contributed by atoms with Gasteiger partial charge in [-0.15, -0.1) is 0 Å². The Morgan fingerprint density at radius 3 is 2.04 bits per heavy atom.